The van der Waals surface area contributed by atoms with E-state index in [1.165, 1.54) is 46.2 Å². The highest BCUT2D eigenvalue weighted by molar-refractivity contribution is 7.89. The van der Waals surface area contributed by atoms with Crippen molar-refractivity contribution in [1.29, 1.82) is 0 Å². The fourth-order valence-electron chi connectivity index (χ4n) is 2.79. The minimum absolute atomic E-state index is 0.213. The Morgan fingerprint density at radius 3 is 2.62 bits per heavy atom. The molecule has 1 aromatic carbocycles. The summed E-state index contributed by atoms with van der Waals surface area (Å²) < 4.78 is 28.0. The van der Waals surface area contributed by atoms with Gasteiger partial charge >= 0.3 is 0 Å². The second-order valence-corrected chi connectivity index (χ2v) is 8.85. The zero-order valence-corrected chi connectivity index (χ0v) is 15.3. The van der Waals surface area contributed by atoms with Crippen LogP contribution in [0.4, 0.5) is 0 Å². The molecule has 1 amide bonds. The summed E-state index contributed by atoms with van der Waals surface area (Å²) in [6.45, 7) is 1.37. The Bertz CT molecular complexity index is 1010. The number of fused-ring (bicyclic) bond motifs is 1. The number of nitrogens with one attached hydrogen (secondary N) is 1. The first-order valence-corrected chi connectivity index (χ1v) is 10.3. The molecular formula is C15H16N6O3S2. The predicted octanol–water partition coefficient (Wildman–Crippen LogP) is 0.900. The van der Waals surface area contributed by atoms with Crippen LogP contribution in [0.2, 0.25) is 0 Å². The molecule has 0 aliphatic carbocycles. The van der Waals surface area contributed by atoms with E-state index in [1.54, 1.807) is 4.52 Å². The van der Waals surface area contributed by atoms with Gasteiger partial charge in [0, 0.05) is 18.7 Å². The van der Waals surface area contributed by atoms with Crippen LogP contribution in [-0.4, -0.2) is 51.5 Å². The van der Waals surface area contributed by atoms with Crippen molar-refractivity contribution < 1.29 is 13.2 Å². The molecule has 4 rings (SSSR count). The molecule has 1 aliphatic rings. The Morgan fingerprint density at radius 2 is 1.92 bits per heavy atom. The van der Waals surface area contributed by atoms with E-state index in [-0.39, 0.29) is 17.3 Å². The molecule has 0 saturated carbocycles. The van der Waals surface area contributed by atoms with Gasteiger partial charge in [0.15, 0.2) is 0 Å². The van der Waals surface area contributed by atoms with Crippen molar-refractivity contribution in [2.75, 3.05) is 13.1 Å². The van der Waals surface area contributed by atoms with Crippen LogP contribution in [0.1, 0.15) is 28.2 Å². The zero-order chi connectivity index (χ0) is 18.1. The number of carbonyl (C=O) groups is 1. The number of rotatable bonds is 5. The van der Waals surface area contributed by atoms with E-state index in [2.05, 4.69) is 20.6 Å². The molecule has 0 unspecified atom stereocenters. The molecule has 11 heteroatoms. The molecule has 9 nitrogen and oxygen atoms in total. The Labute approximate surface area is 153 Å². The van der Waals surface area contributed by atoms with Crippen molar-refractivity contribution >= 4 is 32.2 Å². The van der Waals surface area contributed by atoms with Gasteiger partial charge in [-0.25, -0.2) is 8.42 Å². The summed E-state index contributed by atoms with van der Waals surface area (Å²) in [5.74, 6) is -0.291. The van der Waals surface area contributed by atoms with Gasteiger partial charge in [-0.15, -0.1) is 10.2 Å². The summed E-state index contributed by atoms with van der Waals surface area (Å²) in [6.07, 6.45) is 3.27. The van der Waals surface area contributed by atoms with E-state index in [1.807, 2.05) is 0 Å². The maximum absolute atomic E-state index is 12.5. The lowest BCUT2D eigenvalue weighted by Gasteiger charge is -2.15. The fourth-order valence-corrected chi connectivity index (χ4v) is 5.06. The van der Waals surface area contributed by atoms with Gasteiger partial charge in [-0.3, -0.25) is 4.79 Å². The Hall–Kier alpha value is -2.37. The van der Waals surface area contributed by atoms with Crippen molar-refractivity contribution in [3.05, 3.63) is 41.2 Å². The molecule has 2 aromatic heterocycles. The first kappa shape index (κ1) is 17.1. The van der Waals surface area contributed by atoms with Crippen LogP contribution in [0.15, 0.2) is 35.5 Å². The van der Waals surface area contributed by atoms with Gasteiger partial charge in [0.2, 0.25) is 15.0 Å². The molecule has 1 saturated heterocycles. The van der Waals surface area contributed by atoms with Gasteiger partial charge in [-0.2, -0.15) is 13.9 Å². The number of aromatic nitrogens is 4. The third kappa shape index (κ3) is 3.20. The van der Waals surface area contributed by atoms with Gasteiger partial charge in [0.1, 0.15) is 11.3 Å². The quantitative estimate of drug-likeness (QED) is 0.691. The van der Waals surface area contributed by atoms with Crippen molar-refractivity contribution in [1.82, 2.24) is 29.4 Å². The molecule has 0 atom stereocenters. The number of hydrogen-bond acceptors (Lipinski definition) is 7. The third-order valence-electron chi connectivity index (χ3n) is 4.15. The lowest BCUT2D eigenvalue weighted by Crippen LogP contribution is -2.28. The summed E-state index contributed by atoms with van der Waals surface area (Å²) in [7, 11) is -3.47. The van der Waals surface area contributed by atoms with Crippen molar-refractivity contribution in [2.24, 2.45) is 0 Å². The molecule has 136 valence electrons. The Kier molecular flexibility index (Phi) is 4.42. The summed E-state index contributed by atoms with van der Waals surface area (Å²) in [5.41, 5.74) is 0.397. The molecule has 1 fully saturated rings. The second-order valence-electron chi connectivity index (χ2n) is 5.87. The molecule has 26 heavy (non-hydrogen) atoms. The van der Waals surface area contributed by atoms with Gasteiger partial charge in [-0.05, 0) is 37.1 Å². The first-order chi connectivity index (χ1) is 12.5. The van der Waals surface area contributed by atoms with Crippen LogP contribution in [0, 0.1) is 0 Å². The monoisotopic (exact) mass is 392 g/mol. The minimum Gasteiger partial charge on any atom is -0.345 e. The van der Waals surface area contributed by atoms with E-state index >= 15 is 0 Å². The lowest BCUT2D eigenvalue weighted by atomic mass is 10.2. The normalized spacial score (nSPS) is 15.5. The van der Waals surface area contributed by atoms with E-state index in [0.717, 1.165) is 12.8 Å². The standard InChI is InChI=1S/C15H16N6O3S2/c22-14(16-9-13-19-21-10-17-18-15(21)25-13)11-3-5-12(6-4-11)26(23,24)20-7-1-2-8-20/h3-6,10H,1-2,7-9H2,(H,16,22). The van der Waals surface area contributed by atoms with Gasteiger partial charge in [0.05, 0.1) is 11.4 Å². The molecule has 3 heterocycles. The number of benzene rings is 1. The first-order valence-electron chi connectivity index (χ1n) is 8.08. The highest BCUT2D eigenvalue weighted by Crippen LogP contribution is 2.21. The molecule has 3 aromatic rings. The fraction of sp³-hybridized carbons (Fsp3) is 0.333. The molecule has 1 N–H and O–H groups in total. The predicted molar refractivity (Wildman–Crippen MR) is 94.3 cm³/mol. The van der Waals surface area contributed by atoms with Crippen molar-refractivity contribution in [2.45, 2.75) is 24.3 Å². The topological polar surface area (TPSA) is 110 Å². The van der Waals surface area contributed by atoms with E-state index < -0.39 is 10.0 Å². The lowest BCUT2D eigenvalue weighted by molar-refractivity contribution is 0.0950. The average Bonchev–Trinajstić information content (AvgIpc) is 3.36. The third-order valence-corrected chi connectivity index (χ3v) is 6.97. The summed E-state index contributed by atoms with van der Waals surface area (Å²) in [4.78, 5) is 13.1. The molecule has 0 bridgehead atoms. The summed E-state index contributed by atoms with van der Waals surface area (Å²) in [6, 6.07) is 6.01. The highest BCUT2D eigenvalue weighted by atomic mass is 32.2. The van der Waals surface area contributed by atoms with E-state index in [4.69, 9.17) is 0 Å². The van der Waals surface area contributed by atoms with Crippen LogP contribution in [0.3, 0.4) is 0 Å². The summed E-state index contributed by atoms with van der Waals surface area (Å²) >= 11 is 1.34. The van der Waals surface area contributed by atoms with Crippen LogP contribution in [0.25, 0.3) is 4.96 Å². The SMILES string of the molecule is O=C(NCc1nn2cnnc2s1)c1ccc(S(=O)(=O)N2CCCC2)cc1. The van der Waals surface area contributed by atoms with Crippen LogP contribution in [0.5, 0.6) is 0 Å². The molecule has 0 spiro atoms. The second kappa shape index (κ2) is 6.74. The van der Waals surface area contributed by atoms with Crippen LogP contribution >= 0.6 is 11.3 Å². The van der Waals surface area contributed by atoms with Gasteiger partial charge in [0.25, 0.3) is 5.91 Å². The van der Waals surface area contributed by atoms with Gasteiger partial charge in [-0.1, -0.05) is 11.3 Å². The number of hydrogen-bond donors (Lipinski definition) is 1. The maximum atomic E-state index is 12.5. The van der Waals surface area contributed by atoms with Crippen molar-refractivity contribution in [3.8, 4) is 0 Å². The van der Waals surface area contributed by atoms with Crippen LogP contribution in [-0.2, 0) is 16.6 Å². The number of carbonyl (C=O) groups excluding carboxylic acids is 1. The molecular weight excluding hydrogens is 376 g/mol. The largest absolute Gasteiger partial charge is 0.345 e. The Morgan fingerprint density at radius 1 is 1.19 bits per heavy atom. The summed E-state index contributed by atoms with van der Waals surface area (Å²) in [5, 5.41) is 15.3. The Balaban J connectivity index is 1.42. The maximum Gasteiger partial charge on any atom is 0.251 e. The molecule has 1 aliphatic heterocycles. The van der Waals surface area contributed by atoms with E-state index in [9.17, 15) is 13.2 Å². The minimum atomic E-state index is -3.47. The zero-order valence-electron chi connectivity index (χ0n) is 13.7. The average molecular weight is 392 g/mol. The number of nitrogens with zero attached hydrogens (tertiary/aromatic N) is 5. The van der Waals surface area contributed by atoms with Crippen LogP contribution < -0.4 is 5.32 Å². The van der Waals surface area contributed by atoms with Gasteiger partial charge < -0.3 is 5.32 Å². The van der Waals surface area contributed by atoms with Crippen molar-refractivity contribution in [3.63, 3.8) is 0 Å². The molecule has 0 radical (unpaired) electrons. The highest BCUT2D eigenvalue weighted by Gasteiger charge is 2.27. The number of sulfonamides is 1. The number of amides is 1. The van der Waals surface area contributed by atoms with E-state index in [0.29, 0.717) is 28.6 Å². The smallest absolute Gasteiger partial charge is 0.251 e.